The van der Waals surface area contributed by atoms with E-state index >= 15 is 0 Å². The molecule has 1 aliphatic carbocycles. The van der Waals surface area contributed by atoms with Crippen LogP contribution >= 0.6 is 0 Å². The lowest BCUT2D eigenvalue weighted by molar-refractivity contribution is 0.544. The molecule has 0 saturated heterocycles. The summed E-state index contributed by atoms with van der Waals surface area (Å²) in [4.78, 5) is 0. The Morgan fingerprint density at radius 3 is 1.83 bits per heavy atom. The van der Waals surface area contributed by atoms with Crippen molar-refractivity contribution in [3.63, 3.8) is 0 Å². The molecule has 60 heavy (non-hydrogen) atoms. The quantitative estimate of drug-likeness (QED) is 0.0962. The fourth-order valence-electron chi connectivity index (χ4n) is 7.62. The first-order chi connectivity index (χ1) is 29.3. The molecule has 1 aromatic heterocycles. The average Bonchev–Trinajstić information content (AvgIpc) is 3.96. The standard InChI is InChI=1S/C30H18O.C14H14.C7H8.C6H14.C2H6/c1-18-8-6-9-19(16-18)25-17-26-22-11-3-2-10-20(22)21-13-7-14-23(21)28(26)30-29(25)24-12-4-5-15-27(24)31-30;1-3-11(2)13-9-8-12-6-4-5-7-14(12)10-13;1-7-5-3-2-4-6-7;1-4-6(3)5-2;1-2/h2-6,8-17H,1H3;3-11H,1H2,2H3;2-6H,1H3;6H,4-5H2,1-3H3;1-2H3. The molecule has 1 heterocycles. The highest BCUT2D eigenvalue weighted by molar-refractivity contribution is 6.28. The van der Waals surface area contributed by atoms with E-state index in [4.69, 9.17) is 4.42 Å². The maximum absolute atomic E-state index is 6.57. The Balaban J connectivity index is 0.000000171. The number of rotatable bonds is 5. The maximum Gasteiger partial charge on any atom is 0.144 e. The van der Waals surface area contributed by atoms with Gasteiger partial charge in [-0.2, -0.15) is 0 Å². The van der Waals surface area contributed by atoms with E-state index in [1.807, 2.05) is 44.2 Å². The van der Waals surface area contributed by atoms with E-state index in [0.717, 1.165) is 22.5 Å². The zero-order valence-corrected chi connectivity index (χ0v) is 36.9. The van der Waals surface area contributed by atoms with Crippen molar-refractivity contribution in [1.82, 2.24) is 0 Å². The molecular weight excluding hydrogens is 725 g/mol. The van der Waals surface area contributed by atoms with E-state index in [1.54, 1.807) is 0 Å². The normalized spacial score (nSPS) is 11.6. The Kier molecular flexibility index (Phi) is 14.8. The summed E-state index contributed by atoms with van der Waals surface area (Å²) < 4.78 is 6.57. The maximum atomic E-state index is 6.57. The Bertz CT molecular complexity index is 2910. The van der Waals surface area contributed by atoms with Gasteiger partial charge >= 0.3 is 0 Å². The lowest BCUT2D eigenvalue weighted by Crippen LogP contribution is -1.90. The molecule has 0 fully saturated rings. The van der Waals surface area contributed by atoms with Gasteiger partial charge < -0.3 is 4.42 Å². The molecule has 302 valence electrons. The summed E-state index contributed by atoms with van der Waals surface area (Å²) in [5.41, 5.74) is 14.0. The van der Waals surface area contributed by atoms with E-state index < -0.39 is 0 Å². The van der Waals surface area contributed by atoms with E-state index in [-0.39, 0.29) is 0 Å². The second kappa shape index (κ2) is 20.5. The van der Waals surface area contributed by atoms with Crippen LogP contribution < -0.4 is 0 Å². The summed E-state index contributed by atoms with van der Waals surface area (Å²) in [7, 11) is 0. The Morgan fingerprint density at radius 1 is 0.567 bits per heavy atom. The molecule has 1 atom stereocenters. The minimum Gasteiger partial charge on any atom is -0.455 e. The highest BCUT2D eigenvalue weighted by Crippen LogP contribution is 2.46. The number of fused-ring (bicyclic) bond motifs is 11. The van der Waals surface area contributed by atoms with Crippen molar-refractivity contribution >= 4 is 66.4 Å². The number of furan rings is 1. The number of hydrogen-bond acceptors (Lipinski definition) is 1. The largest absolute Gasteiger partial charge is 0.455 e. The van der Waals surface area contributed by atoms with Gasteiger partial charge in [0.05, 0.1) is 0 Å². The van der Waals surface area contributed by atoms with Gasteiger partial charge in [-0.25, -0.2) is 0 Å². The second-order valence-electron chi connectivity index (χ2n) is 15.6. The van der Waals surface area contributed by atoms with Crippen LogP contribution in [0.5, 0.6) is 0 Å². The van der Waals surface area contributed by atoms with Crippen molar-refractivity contribution in [3.8, 4) is 11.1 Å². The first kappa shape index (κ1) is 43.2. The third-order valence-corrected chi connectivity index (χ3v) is 11.5. The van der Waals surface area contributed by atoms with Gasteiger partial charge in [0.15, 0.2) is 0 Å². The van der Waals surface area contributed by atoms with Crippen LogP contribution in [0.2, 0.25) is 0 Å². The molecule has 0 amide bonds. The Morgan fingerprint density at radius 2 is 1.18 bits per heavy atom. The summed E-state index contributed by atoms with van der Waals surface area (Å²) in [6.45, 7) is 20.9. The lowest BCUT2D eigenvalue weighted by atomic mass is 9.88. The third kappa shape index (κ3) is 9.55. The van der Waals surface area contributed by atoms with E-state index in [1.165, 1.54) is 89.5 Å². The van der Waals surface area contributed by atoms with Gasteiger partial charge in [-0.05, 0) is 99.2 Å². The topological polar surface area (TPSA) is 13.1 Å². The number of hydrogen-bond donors (Lipinski definition) is 0. The van der Waals surface area contributed by atoms with Gasteiger partial charge in [0.2, 0.25) is 0 Å². The molecule has 0 aliphatic heterocycles. The van der Waals surface area contributed by atoms with E-state index in [9.17, 15) is 0 Å². The monoisotopic (exact) mass is 784 g/mol. The van der Waals surface area contributed by atoms with Crippen LogP contribution in [0.4, 0.5) is 0 Å². The zero-order valence-electron chi connectivity index (χ0n) is 36.9. The average molecular weight is 785 g/mol. The van der Waals surface area contributed by atoms with Crippen molar-refractivity contribution in [2.45, 2.75) is 74.1 Å². The van der Waals surface area contributed by atoms with Crippen LogP contribution in [0.15, 0.2) is 174 Å². The van der Waals surface area contributed by atoms with Gasteiger partial charge in [0, 0.05) is 21.7 Å². The number of allylic oxidation sites excluding steroid dienone is 1. The van der Waals surface area contributed by atoms with Gasteiger partial charge in [0.25, 0.3) is 0 Å². The minimum atomic E-state index is 0.430. The summed E-state index contributed by atoms with van der Waals surface area (Å²) in [6, 6.07) is 53.4. The molecule has 0 spiro atoms. The van der Waals surface area contributed by atoms with Crippen LogP contribution in [-0.2, 0) is 0 Å². The summed E-state index contributed by atoms with van der Waals surface area (Å²) >= 11 is 0. The minimum absolute atomic E-state index is 0.430. The summed E-state index contributed by atoms with van der Waals surface area (Å²) in [5.74, 6) is 1.37. The highest BCUT2D eigenvalue weighted by atomic mass is 16.3. The molecule has 1 nitrogen and oxygen atoms in total. The molecule has 1 heteroatoms. The zero-order chi connectivity index (χ0) is 42.6. The second-order valence-corrected chi connectivity index (χ2v) is 15.6. The number of para-hydroxylation sites is 1. The van der Waals surface area contributed by atoms with Crippen LogP contribution in [0.3, 0.4) is 0 Å². The molecule has 0 bridgehead atoms. The molecule has 0 N–H and O–H groups in total. The molecule has 1 aliphatic rings. The molecule has 0 saturated carbocycles. The van der Waals surface area contributed by atoms with Crippen molar-refractivity contribution in [3.05, 3.63) is 198 Å². The first-order valence-corrected chi connectivity index (χ1v) is 21.8. The van der Waals surface area contributed by atoms with Gasteiger partial charge in [-0.15, -0.1) is 12.3 Å². The lowest BCUT2D eigenvalue weighted by Gasteiger charge is -2.14. The Hall–Kier alpha value is -6.40. The summed E-state index contributed by atoms with van der Waals surface area (Å²) in [5, 5.41) is 9.87. The van der Waals surface area contributed by atoms with Crippen LogP contribution in [0.25, 0.3) is 77.5 Å². The third-order valence-electron chi connectivity index (χ3n) is 11.5. The fraction of sp³-hybridized carbons (Fsp3) is 0.203. The highest BCUT2D eigenvalue weighted by Gasteiger charge is 2.22. The predicted molar refractivity (Wildman–Crippen MR) is 266 cm³/mol. The van der Waals surface area contributed by atoms with E-state index in [2.05, 4.69) is 193 Å². The fourth-order valence-corrected chi connectivity index (χ4v) is 7.62. The molecule has 9 aromatic rings. The molecule has 10 rings (SSSR count). The van der Waals surface area contributed by atoms with E-state index in [0.29, 0.717) is 5.92 Å². The molecule has 1 unspecified atom stereocenters. The number of benzene rings is 8. The van der Waals surface area contributed by atoms with Gasteiger partial charge in [-0.3, -0.25) is 0 Å². The van der Waals surface area contributed by atoms with Crippen LogP contribution in [0.1, 0.15) is 88.1 Å². The SMILES string of the molecule is C=CC(C)c1ccc2ccccc2c1.CC.CCC(C)CC.Cc1cccc(-c2cc3c4ccccc4c4c(c3c3oc5ccccc5c23)C=C=C4)c1.Cc1ccccc1. The van der Waals surface area contributed by atoms with Crippen LogP contribution in [0, 0.1) is 19.8 Å². The van der Waals surface area contributed by atoms with Crippen molar-refractivity contribution in [2.75, 3.05) is 0 Å². The van der Waals surface area contributed by atoms with Crippen LogP contribution in [-0.4, -0.2) is 0 Å². The Labute approximate surface area is 358 Å². The smallest absolute Gasteiger partial charge is 0.144 e. The molecule has 0 radical (unpaired) electrons. The van der Waals surface area contributed by atoms with Gasteiger partial charge in [0.1, 0.15) is 11.2 Å². The van der Waals surface area contributed by atoms with Crippen molar-refractivity contribution < 1.29 is 4.42 Å². The number of aryl methyl sites for hydroxylation is 2. The summed E-state index contributed by atoms with van der Waals surface area (Å²) in [6.07, 6.45) is 8.83. The van der Waals surface area contributed by atoms with Gasteiger partial charge in [-0.1, -0.05) is 211 Å². The predicted octanol–water partition coefficient (Wildman–Crippen LogP) is 18.1. The van der Waals surface area contributed by atoms with Crippen molar-refractivity contribution in [1.29, 1.82) is 0 Å². The molecular formula is C59H60O. The van der Waals surface area contributed by atoms with Crippen molar-refractivity contribution in [2.24, 2.45) is 5.92 Å². The molecule has 8 aromatic carbocycles. The first-order valence-electron chi connectivity index (χ1n) is 21.8.